The van der Waals surface area contributed by atoms with Crippen LogP contribution in [0.15, 0.2) is 76.0 Å². The molecule has 0 aliphatic rings. The number of nitrogens with one attached hydrogen (secondary N) is 2. The summed E-state index contributed by atoms with van der Waals surface area (Å²) in [5.74, 6) is -0.432. The van der Waals surface area contributed by atoms with Crippen LogP contribution in [0.3, 0.4) is 0 Å². The van der Waals surface area contributed by atoms with Crippen molar-refractivity contribution in [1.82, 2.24) is 10.9 Å². The van der Waals surface area contributed by atoms with Crippen molar-refractivity contribution in [3.05, 3.63) is 83.8 Å². The maximum Gasteiger partial charge on any atom is 0.305 e. The highest BCUT2D eigenvalue weighted by Crippen LogP contribution is 2.22. The fraction of sp³-hybridized carbons (Fsp3) is 0.0952. The van der Waals surface area contributed by atoms with Crippen molar-refractivity contribution >= 4 is 29.5 Å². The Balaban J connectivity index is 1.54. The van der Waals surface area contributed by atoms with Gasteiger partial charge in [-0.05, 0) is 36.4 Å². The number of hydrazine groups is 1. The fourth-order valence-corrected chi connectivity index (χ4v) is 3.21. The van der Waals surface area contributed by atoms with E-state index in [4.69, 9.17) is 14.9 Å². The molecule has 0 bridgehead atoms. The van der Waals surface area contributed by atoms with Crippen LogP contribution in [0.25, 0.3) is 0 Å². The van der Waals surface area contributed by atoms with Crippen molar-refractivity contribution in [3.63, 3.8) is 0 Å². The predicted molar refractivity (Wildman–Crippen MR) is 111 cm³/mol. The molecule has 0 unspecified atom stereocenters. The first-order chi connectivity index (χ1) is 14.5. The number of carbonyl (C=O) groups is 3. The van der Waals surface area contributed by atoms with Crippen LogP contribution < -0.4 is 21.3 Å². The van der Waals surface area contributed by atoms with E-state index in [0.29, 0.717) is 22.0 Å². The standard InChI is InChI=1S/C21H19N3O5S/c22-19(25)13-30-18-9-5-4-8-16(18)20(26)23-24-21(27)17-11-10-15(29-17)12-28-14-6-2-1-3-7-14/h1-11H,12-13H2,(H2,22,25)(H,23,26)(H,24,27). The summed E-state index contributed by atoms with van der Waals surface area (Å²) >= 11 is 1.14. The largest absolute Gasteiger partial charge is 0.486 e. The zero-order valence-electron chi connectivity index (χ0n) is 15.8. The lowest BCUT2D eigenvalue weighted by Crippen LogP contribution is -2.41. The minimum atomic E-state index is -0.614. The molecular weight excluding hydrogens is 406 g/mol. The molecule has 0 saturated carbocycles. The number of thioether (sulfide) groups is 1. The number of carbonyl (C=O) groups excluding carboxylic acids is 3. The first-order valence-corrected chi connectivity index (χ1v) is 9.89. The van der Waals surface area contributed by atoms with Crippen molar-refractivity contribution in [1.29, 1.82) is 0 Å². The zero-order valence-corrected chi connectivity index (χ0v) is 16.6. The van der Waals surface area contributed by atoms with Crippen molar-refractivity contribution in [2.75, 3.05) is 5.75 Å². The average molecular weight is 425 g/mol. The van der Waals surface area contributed by atoms with E-state index in [1.165, 1.54) is 6.07 Å². The summed E-state index contributed by atoms with van der Waals surface area (Å²) in [6, 6.07) is 19.0. The van der Waals surface area contributed by atoms with Gasteiger partial charge in [0.1, 0.15) is 18.1 Å². The molecule has 1 aromatic heterocycles. The van der Waals surface area contributed by atoms with E-state index in [1.54, 1.807) is 30.3 Å². The number of hydrogen-bond donors (Lipinski definition) is 3. The van der Waals surface area contributed by atoms with Gasteiger partial charge in [-0.2, -0.15) is 0 Å². The molecule has 0 spiro atoms. The van der Waals surface area contributed by atoms with Crippen LogP contribution in [-0.2, 0) is 11.4 Å². The van der Waals surface area contributed by atoms with Crippen LogP contribution >= 0.6 is 11.8 Å². The maximum atomic E-state index is 12.4. The van der Waals surface area contributed by atoms with E-state index in [-0.39, 0.29) is 18.1 Å². The molecule has 9 heteroatoms. The highest BCUT2D eigenvalue weighted by molar-refractivity contribution is 8.00. The minimum Gasteiger partial charge on any atom is -0.486 e. The van der Waals surface area contributed by atoms with Crippen molar-refractivity contribution in [3.8, 4) is 5.75 Å². The number of hydrogen-bond acceptors (Lipinski definition) is 6. The van der Waals surface area contributed by atoms with Crippen LogP contribution in [0, 0.1) is 0 Å². The van der Waals surface area contributed by atoms with E-state index in [2.05, 4.69) is 10.9 Å². The van der Waals surface area contributed by atoms with Gasteiger partial charge in [-0.1, -0.05) is 30.3 Å². The Morgan fingerprint density at radius 1 is 0.900 bits per heavy atom. The maximum absolute atomic E-state index is 12.4. The van der Waals surface area contributed by atoms with Gasteiger partial charge >= 0.3 is 5.91 Å². The van der Waals surface area contributed by atoms with Crippen LogP contribution in [0.4, 0.5) is 0 Å². The number of furan rings is 1. The lowest BCUT2D eigenvalue weighted by Gasteiger charge is -2.09. The molecule has 3 aromatic rings. The highest BCUT2D eigenvalue weighted by atomic mass is 32.2. The van der Waals surface area contributed by atoms with Gasteiger partial charge in [0.25, 0.3) is 5.91 Å². The molecule has 0 aliphatic carbocycles. The third kappa shape index (κ3) is 5.89. The van der Waals surface area contributed by atoms with Crippen LogP contribution in [0.5, 0.6) is 5.75 Å². The van der Waals surface area contributed by atoms with Gasteiger partial charge in [0, 0.05) is 4.90 Å². The SMILES string of the molecule is NC(=O)CSc1ccccc1C(=O)NNC(=O)c1ccc(COc2ccccc2)o1. The average Bonchev–Trinajstić information content (AvgIpc) is 3.24. The number of ether oxygens (including phenoxy) is 1. The molecule has 1 heterocycles. The highest BCUT2D eigenvalue weighted by Gasteiger charge is 2.15. The predicted octanol–water partition coefficient (Wildman–Crippen LogP) is 2.51. The first kappa shape index (κ1) is 21.0. The number of primary amides is 1. The summed E-state index contributed by atoms with van der Waals surface area (Å²) in [4.78, 5) is 36.2. The van der Waals surface area contributed by atoms with Gasteiger partial charge < -0.3 is 14.9 Å². The van der Waals surface area contributed by atoms with Crippen LogP contribution in [-0.4, -0.2) is 23.5 Å². The Bertz CT molecular complexity index is 1040. The third-order valence-electron chi connectivity index (χ3n) is 3.80. The molecule has 154 valence electrons. The molecule has 3 amide bonds. The Morgan fingerprint density at radius 3 is 2.37 bits per heavy atom. The molecule has 30 heavy (non-hydrogen) atoms. The third-order valence-corrected chi connectivity index (χ3v) is 4.90. The smallest absolute Gasteiger partial charge is 0.305 e. The van der Waals surface area contributed by atoms with E-state index in [9.17, 15) is 14.4 Å². The topological polar surface area (TPSA) is 124 Å². The van der Waals surface area contributed by atoms with Gasteiger partial charge in [-0.15, -0.1) is 11.8 Å². The normalized spacial score (nSPS) is 10.3. The zero-order chi connectivity index (χ0) is 21.3. The summed E-state index contributed by atoms with van der Waals surface area (Å²) in [5.41, 5.74) is 10.1. The van der Waals surface area contributed by atoms with E-state index in [1.807, 2.05) is 30.3 Å². The van der Waals surface area contributed by atoms with Crippen LogP contribution in [0.2, 0.25) is 0 Å². The van der Waals surface area contributed by atoms with Crippen molar-refractivity contribution in [2.45, 2.75) is 11.5 Å². The summed E-state index contributed by atoms with van der Waals surface area (Å²) in [6.45, 7) is 0.161. The van der Waals surface area contributed by atoms with Gasteiger partial charge in [0.05, 0.1) is 11.3 Å². The second-order valence-electron chi connectivity index (χ2n) is 6.03. The quantitative estimate of drug-likeness (QED) is 0.376. The Labute approximate surface area is 176 Å². The van der Waals surface area contributed by atoms with Gasteiger partial charge in [0.15, 0.2) is 5.76 Å². The Morgan fingerprint density at radius 2 is 1.60 bits per heavy atom. The number of benzene rings is 2. The van der Waals surface area contributed by atoms with Crippen LogP contribution in [0.1, 0.15) is 26.7 Å². The monoisotopic (exact) mass is 425 g/mol. The molecule has 0 fully saturated rings. The van der Waals surface area contributed by atoms with Gasteiger partial charge in [-0.25, -0.2) is 0 Å². The molecule has 3 rings (SSSR count). The number of rotatable bonds is 8. The molecule has 0 aliphatic heterocycles. The summed E-state index contributed by atoms with van der Waals surface area (Å²) in [5, 5.41) is 0. The van der Waals surface area contributed by atoms with Crippen molar-refractivity contribution in [2.24, 2.45) is 5.73 Å². The lowest BCUT2D eigenvalue weighted by molar-refractivity contribution is -0.115. The second-order valence-corrected chi connectivity index (χ2v) is 7.04. The molecule has 0 radical (unpaired) electrons. The molecule has 8 nitrogen and oxygen atoms in total. The lowest BCUT2D eigenvalue weighted by atomic mass is 10.2. The summed E-state index contributed by atoms with van der Waals surface area (Å²) < 4.78 is 11.0. The first-order valence-electron chi connectivity index (χ1n) is 8.90. The molecular formula is C21H19N3O5S. The van der Waals surface area contributed by atoms with Gasteiger partial charge in [0.2, 0.25) is 5.91 Å². The minimum absolute atomic E-state index is 0.0263. The molecule has 4 N–H and O–H groups in total. The van der Waals surface area contributed by atoms with E-state index in [0.717, 1.165) is 11.8 Å². The number of para-hydroxylation sites is 1. The second kappa shape index (κ2) is 10.2. The summed E-state index contributed by atoms with van der Waals surface area (Å²) in [7, 11) is 0. The Kier molecular flexibility index (Phi) is 7.12. The molecule has 0 saturated heterocycles. The summed E-state index contributed by atoms with van der Waals surface area (Å²) in [6.07, 6.45) is 0. The van der Waals surface area contributed by atoms with E-state index >= 15 is 0 Å². The Hall–Kier alpha value is -3.72. The molecule has 0 atom stereocenters. The number of nitrogens with two attached hydrogens (primary N) is 1. The number of amides is 3. The van der Waals surface area contributed by atoms with Crippen molar-refractivity contribution < 1.29 is 23.5 Å². The van der Waals surface area contributed by atoms with E-state index < -0.39 is 17.7 Å². The molecule has 2 aromatic carbocycles. The van der Waals surface area contributed by atoms with Gasteiger partial charge in [-0.3, -0.25) is 25.2 Å². The fourth-order valence-electron chi connectivity index (χ4n) is 2.42.